The first-order valence-corrected chi connectivity index (χ1v) is 7.93. The van der Waals surface area contributed by atoms with Crippen LogP contribution < -0.4 is 0 Å². The van der Waals surface area contributed by atoms with Crippen molar-refractivity contribution in [2.45, 2.75) is 30.1 Å². The predicted octanol–water partition coefficient (Wildman–Crippen LogP) is 2.43. The van der Waals surface area contributed by atoms with Gasteiger partial charge >= 0.3 is 0 Å². The predicted molar refractivity (Wildman–Crippen MR) is 76.7 cm³/mol. The molecule has 0 aliphatic heterocycles. The molecular formula is C12H11FN6S2. The van der Waals surface area contributed by atoms with Crippen LogP contribution in [0.15, 0.2) is 34.0 Å². The van der Waals surface area contributed by atoms with Gasteiger partial charge in [0.1, 0.15) is 11.4 Å². The zero-order valence-electron chi connectivity index (χ0n) is 11.1. The zero-order chi connectivity index (χ0) is 14.7. The first-order chi connectivity index (χ1) is 10.3. The van der Waals surface area contributed by atoms with E-state index >= 15 is 0 Å². The van der Waals surface area contributed by atoms with Gasteiger partial charge in [0.2, 0.25) is 5.16 Å². The number of rotatable bonds is 5. The highest BCUT2D eigenvalue weighted by Gasteiger charge is 2.15. The lowest BCUT2D eigenvalue weighted by atomic mass is 10.3. The molecule has 0 unspecified atom stereocenters. The Hall–Kier alpha value is -1.87. The van der Waals surface area contributed by atoms with E-state index in [2.05, 4.69) is 25.5 Å². The van der Waals surface area contributed by atoms with Crippen molar-refractivity contribution in [2.24, 2.45) is 0 Å². The smallest absolute Gasteiger partial charge is 0.216 e. The summed E-state index contributed by atoms with van der Waals surface area (Å²) in [4.78, 5) is 9.01. The molecule has 0 saturated carbocycles. The molecule has 0 aliphatic rings. The average Bonchev–Trinajstić information content (AvgIpc) is 3.14. The van der Waals surface area contributed by atoms with Crippen LogP contribution in [-0.2, 0) is 13.0 Å². The van der Waals surface area contributed by atoms with Crippen molar-refractivity contribution in [2.75, 3.05) is 0 Å². The second-order valence-corrected chi connectivity index (χ2v) is 6.08. The first kappa shape index (κ1) is 14.1. The topological polar surface area (TPSA) is 69.4 Å². The number of thiophene rings is 1. The lowest BCUT2D eigenvalue weighted by molar-refractivity contribution is 0.557. The molecule has 0 saturated heterocycles. The second kappa shape index (κ2) is 6.27. The molecule has 0 bridgehead atoms. The van der Waals surface area contributed by atoms with Gasteiger partial charge in [0.25, 0.3) is 0 Å². The van der Waals surface area contributed by atoms with Gasteiger partial charge in [-0.2, -0.15) is 0 Å². The summed E-state index contributed by atoms with van der Waals surface area (Å²) in [5.74, 6) is -0.407. The van der Waals surface area contributed by atoms with Crippen molar-refractivity contribution >= 4 is 23.1 Å². The van der Waals surface area contributed by atoms with Gasteiger partial charge in [-0.25, -0.2) is 19.0 Å². The zero-order valence-corrected chi connectivity index (χ0v) is 12.7. The average molecular weight is 322 g/mol. The summed E-state index contributed by atoms with van der Waals surface area (Å²) >= 11 is 2.72. The van der Waals surface area contributed by atoms with E-state index in [4.69, 9.17) is 0 Å². The van der Waals surface area contributed by atoms with E-state index in [1.165, 1.54) is 6.33 Å². The van der Waals surface area contributed by atoms with Crippen molar-refractivity contribution in [1.29, 1.82) is 0 Å². The Bertz CT molecular complexity index is 727. The van der Waals surface area contributed by atoms with Crippen LogP contribution in [0.2, 0.25) is 0 Å². The SMILES string of the molecule is CCc1ncnc(Sc2nnnn2Cc2cccs2)c1F. The number of halogens is 1. The molecule has 108 valence electrons. The van der Waals surface area contributed by atoms with Crippen LogP contribution in [0.25, 0.3) is 0 Å². The van der Waals surface area contributed by atoms with E-state index in [-0.39, 0.29) is 5.03 Å². The Kier molecular flexibility index (Phi) is 4.20. The minimum absolute atomic E-state index is 0.240. The van der Waals surface area contributed by atoms with E-state index in [0.29, 0.717) is 23.8 Å². The Morgan fingerprint density at radius 2 is 2.29 bits per heavy atom. The summed E-state index contributed by atoms with van der Waals surface area (Å²) in [7, 11) is 0. The van der Waals surface area contributed by atoms with Crippen LogP contribution in [0, 0.1) is 5.82 Å². The number of hydrogen-bond acceptors (Lipinski definition) is 7. The molecule has 0 aromatic carbocycles. The van der Waals surface area contributed by atoms with Crippen molar-refractivity contribution in [1.82, 2.24) is 30.2 Å². The fourth-order valence-corrected chi connectivity index (χ4v) is 3.16. The van der Waals surface area contributed by atoms with Gasteiger partial charge < -0.3 is 0 Å². The maximum atomic E-state index is 14.2. The van der Waals surface area contributed by atoms with Crippen LogP contribution in [0.3, 0.4) is 0 Å². The first-order valence-electron chi connectivity index (χ1n) is 6.23. The third-order valence-corrected chi connectivity index (χ3v) is 4.55. The summed E-state index contributed by atoms with van der Waals surface area (Å²) < 4.78 is 15.8. The van der Waals surface area contributed by atoms with E-state index in [1.54, 1.807) is 16.0 Å². The number of nitrogens with zero attached hydrogens (tertiary/aromatic N) is 6. The Morgan fingerprint density at radius 1 is 1.38 bits per heavy atom. The molecule has 0 radical (unpaired) electrons. The Labute approximate surface area is 128 Å². The van der Waals surface area contributed by atoms with Crippen molar-refractivity contribution < 1.29 is 4.39 Å². The number of hydrogen-bond donors (Lipinski definition) is 0. The molecule has 3 aromatic rings. The molecule has 3 aromatic heterocycles. The van der Waals surface area contributed by atoms with E-state index < -0.39 is 5.82 Å². The van der Waals surface area contributed by atoms with Crippen LogP contribution in [0.1, 0.15) is 17.5 Å². The highest BCUT2D eigenvalue weighted by Crippen LogP contribution is 2.27. The highest BCUT2D eigenvalue weighted by molar-refractivity contribution is 7.99. The van der Waals surface area contributed by atoms with Crippen LogP contribution in [0.4, 0.5) is 4.39 Å². The summed E-state index contributed by atoms with van der Waals surface area (Å²) in [6.45, 7) is 2.40. The fourth-order valence-electron chi connectivity index (χ4n) is 1.71. The molecule has 0 aliphatic carbocycles. The van der Waals surface area contributed by atoms with E-state index in [0.717, 1.165) is 16.6 Å². The second-order valence-electron chi connectivity index (χ2n) is 4.09. The van der Waals surface area contributed by atoms with Crippen LogP contribution >= 0.6 is 23.1 Å². The van der Waals surface area contributed by atoms with Crippen molar-refractivity contribution in [3.8, 4) is 0 Å². The van der Waals surface area contributed by atoms with E-state index in [1.807, 2.05) is 24.4 Å². The minimum Gasteiger partial charge on any atom is -0.238 e. The normalized spacial score (nSPS) is 11.0. The molecule has 0 N–H and O–H groups in total. The molecule has 21 heavy (non-hydrogen) atoms. The summed E-state index contributed by atoms with van der Waals surface area (Å²) in [6.07, 6.45) is 1.87. The number of aromatic nitrogens is 6. The third kappa shape index (κ3) is 3.08. The minimum atomic E-state index is -0.407. The fraction of sp³-hybridized carbons (Fsp3) is 0.250. The highest BCUT2D eigenvalue weighted by atomic mass is 32.2. The van der Waals surface area contributed by atoms with Gasteiger partial charge in [-0.15, -0.1) is 16.4 Å². The lowest BCUT2D eigenvalue weighted by Crippen LogP contribution is -2.03. The Balaban J connectivity index is 1.84. The van der Waals surface area contributed by atoms with Gasteiger partial charge in [0.05, 0.1) is 12.2 Å². The maximum absolute atomic E-state index is 14.2. The molecule has 0 spiro atoms. The molecule has 6 nitrogen and oxygen atoms in total. The van der Waals surface area contributed by atoms with Crippen LogP contribution in [0.5, 0.6) is 0 Å². The van der Waals surface area contributed by atoms with Gasteiger partial charge in [0.15, 0.2) is 5.82 Å². The van der Waals surface area contributed by atoms with E-state index in [9.17, 15) is 4.39 Å². The molecular weight excluding hydrogens is 311 g/mol. The van der Waals surface area contributed by atoms with Crippen molar-refractivity contribution in [3.05, 3.63) is 40.2 Å². The standard InChI is InChI=1S/C12H11FN6S2/c1-2-9-10(13)11(15-7-14-9)21-12-16-17-18-19(12)6-8-4-3-5-20-8/h3-5,7H,2,6H2,1H3. The molecule has 0 atom stereocenters. The number of tetrazole rings is 1. The summed E-state index contributed by atoms with van der Waals surface area (Å²) in [5.41, 5.74) is 0.393. The van der Waals surface area contributed by atoms with Crippen molar-refractivity contribution in [3.63, 3.8) is 0 Å². The maximum Gasteiger partial charge on any atom is 0.216 e. The molecule has 3 heterocycles. The Morgan fingerprint density at radius 3 is 3.05 bits per heavy atom. The lowest BCUT2D eigenvalue weighted by Gasteiger charge is -2.05. The number of aryl methyl sites for hydroxylation is 1. The molecule has 0 fully saturated rings. The van der Waals surface area contributed by atoms with Gasteiger partial charge in [-0.1, -0.05) is 13.0 Å². The summed E-state index contributed by atoms with van der Waals surface area (Å²) in [6, 6.07) is 3.97. The van der Waals surface area contributed by atoms with Gasteiger partial charge in [-0.3, -0.25) is 0 Å². The van der Waals surface area contributed by atoms with Gasteiger partial charge in [-0.05, 0) is 40.1 Å². The monoisotopic (exact) mass is 322 g/mol. The molecule has 0 amide bonds. The largest absolute Gasteiger partial charge is 0.238 e. The summed E-state index contributed by atoms with van der Waals surface area (Å²) in [5, 5.41) is 14.3. The molecule has 9 heteroatoms. The third-order valence-electron chi connectivity index (χ3n) is 2.74. The quantitative estimate of drug-likeness (QED) is 0.672. The van der Waals surface area contributed by atoms with Crippen LogP contribution in [-0.4, -0.2) is 30.2 Å². The molecule has 3 rings (SSSR count). The van der Waals surface area contributed by atoms with Gasteiger partial charge in [0, 0.05) is 4.88 Å².